The molecule has 0 bridgehead atoms. The van der Waals surface area contributed by atoms with Crippen LogP contribution < -0.4 is 10.6 Å². The maximum atomic E-state index is 11.9. The Kier molecular flexibility index (Phi) is 19.6. The molecule has 1 aromatic rings. The zero-order chi connectivity index (χ0) is 26.8. The van der Waals surface area contributed by atoms with E-state index in [1.807, 2.05) is 31.2 Å². The number of amides is 2. The largest absolute Gasteiger partial charge is 0.354 e. The van der Waals surface area contributed by atoms with Crippen molar-refractivity contribution in [3.63, 3.8) is 0 Å². The second-order valence-corrected chi connectivity index (χ2v) is 8.64. The van der Waals surface area contributed by atoms with E-state index in [1.165, 1.54) is 0 Å². The predicted molar refractivity (Wildman–Crippen MR) is 157 cm³/mol. The molecule has 0 unspecified atom stereocenters. The highest BCUT2D eigenvalue weighted by atomic mass is 16.2. The second kappa shape index (κ2) is 23.0. The molecule has 1 rings (SSSR count). The van der Waals surface area contributed by atoms with E-state index in [0.717, 1.165) is 56.2 Å². The summed E-state index contributed by atoms with van der Waals surface area (Å²) in [7, 11) is 0. The Balaban J connectivity index is 1.96. The van der Waals surface area contributed by atoms with Crippen LogP contribution in [0, 0.1) is 6.92 Å². The van der Waals surface area contributed by atoms with Crippen molar-refractivity contribution in [3.05, 3.63) is 96.4 Å². The van der Waals surface area contributed by atoms with Crippen LogP contribution >= 0.6 is 0 Å². The summed E-state index contributed by atoms with van der Waals surface area (Å²) < 4.78 is 0. The first-order valence-corrected chi connectivity index (χ1v) is 13.5. The third kappa shape index (κ3) is 20.4. The van der Waals surface area contributed by atoms with Gasteiger partial charge in [-0.1, -0.05) is 85.9 Å². The summed E-state index contributed by atoms with van der Waals surface area (Å²) >= 11 is 0. The topological polar surface area (TPSA) is 71.1 Å². The van der Waals surface area contributed by atoms with Crippen molar-refractivity contribution in [1.82, 2.24) is 15.6 Å². The molecule has 0 aliphatic carbocycles. The number of hydrogen-bond donors (Lipinski definition) is 2. The molecule has 37 heavy (non-hydrogen) atoms. The number of unbranched alkanes of at least 4 members (excludes halogenated alkanes) is 1. The zero-order valence-corrected chi connectivity index (χ0v) is 22.7. The Bertz CT molecular complexity index is 922. The summed E-state index contributed by atoms with van der Waals surface area (Å²) in [4.78, 5) is 28.0. The van der Waals surface area contributed by atoms with E-state index in [1.54, 1.807) is 6.20 Å². The van der Waals surface area contributed by atoms with Gasteiger partial charge in [0.05, 0.1) is 0 Å². The molecule has 0 spiro atoms. The van der Waals surface area contributed by atoms with Gasteiger partial charge in [0.15, 0.2) is 0 Å². The van der Waals surface area contributed by atoms with Crippen LogP contribution in [0.1, 0.15) is 76.0 Å². The highest BCUT2D eigenvalue weighted by Crippen LogP contribution is 2.02. The van der Waals surface area contributed by atoms with Gasteiger partial charge in [-0.25, -0.2) is 0 Å². The molecule has 2 N–H and O–H groups in total. The van der Waals surface area contributed by atoms with Crippen molar-refractivity contribution >= 4 is 17.9 Å². The minimum absolute atomic E-state index is 0.0216. The summed E-state index contributed by atoms with van der Waals surface area (Å²) in [6, 6.07) is 3.90. The van der Waals surface area contributed by atoms with Crippen LogP contribution in [0.4, 0.5) is 0 Å². The normalized spacial score (nSPS) is 12.3. The zero-order valence-electron chi connectivity index (χ0n) is 22.7. The number of carbonyl (C=O) groups is 2. The fraction of sp³-hybridized carbons (Fsp3) is 0.406. The molecule has 0 atom stereocenters. The number of hydrogen-bond acceptors (Lipinski definition) is 3. The number of nitrogens with one attached hydrogen (secondary N) is 2. The number of nitrogens with zero attached hydrogens (tertiary/aromatic N) is 1. The lowest BCUT2D eigenvalue weighted by Gasteiger charge is -2.06. The summed E-state index contributed by atoms with van der Waals surface area (Å²) in [5.74, 6) is -0.0441. The quantitative estimate of drug-likeness (QED) is 0.159. The average molecular weight is 504 g/mol. The van der Waals surface area contributed by atoms with Crippen LogP contribution in [-0.4, -0.2) is 29.9 Å². The molecule has 0 aliphatic rings. The van der Waals surface area contributed by atoms with Crippen LogP contribution in [0.15, 0.2) is 85.2 Å². The molecular weight excluding hydrogens is 458 g/mol. The Morgan fingerprint density at radius 2 is 1.32 bits per heavy atom. The Morgan fingerprint density at radius 1 is 0.757 bits per heavy atom. The highest BCUT2D eigenvalue weighted by Gasteiger charge is 2.01. The first kappa shape index (κ1) is 31.6. The molecule has 5 heteroatoms. The summed E-state index contributed by atoms with van der Waals surface area (Å²) in [6.45, 7) is 4.96. The Morgan fingerprint density at radius 3 is 1.89 bits per heavy atom. The monoisotopic (exact) mass is 503 g/mol. The van der Waals surface area contributed by atoms with Crippen LogP contribution in [-0.2, 0) is 9.59 Å². The summed E-state index contributed by atoms with van der Waals surface area (Å²) in [5.41, 5.74) is 1.93. The van der Waals surface area contributed by atoms with Gasteiger partial charge in [0.2, 0.25) is 11.8 Å². The van der Waals surface area contributed by atoms with Crippen molar-refractivity contribution in [1.29, 1.82) is 0 Å². The maximum absolute atomic E-state index is 11.9. The smallest absolute Gasteiger partial charge is 0.223 e. The van der Waals surface area contributed by atoms with Crippen molar-refractivity contribution in [2.24, 2.45) is 0 Å². The summed E-state index contributed by atoms with van der Waals surface area (Å²) in [6.07, 6.45) is 34.8. The van der Waals surface area contributed by atoms with Crippen molar-refractivity contribution in [2.45, 2.75) is 71.6 Å². The van der Waals surface area contributed by atoms with Crippen LogP contribution in [0.25, 0.3) is 6.08 Å². The van der Waals surface area contributed by atoms with Gasteiger partial charge in [0.25, 0.3) is 0 Å². The van der Waals surface area contributed by atoms with Gasteiger partial charge in [-0.05, 0) is 63.5 Å². The fourth-order valence-electron chi connectivity index (χ4n) is 3.19. The third-order valence-electron chi connectivity index (χ3n) is 5.25. The standard InChI is InChI=1S/C32H45N3O2/c1-3-4-5-6-7-8-9-10-11-12-13-14-15-16-17-18-19-22-31(36)33-26-27-34-32(37)23-20-21-30-25-24-29(2)35-28-30/h4-5,7-8,10-11,13-14,16-17,20-21,24-25,28H,3,6,9,12,15,18-19,22-23,26-27H2,1-2H3,(H,33,36)(H,34,37). The predicted octanol–water partition coefficient (Wildman–Crippen LogP) is 6.95. The molecule has 0 saturated heterocycles. The molecule has 1 aromatic heterocycles. The van der Waals surface area contributed by atoms with Crippen molar-refractivity contribution < 1.29 is 9.59 Å². The summed E-state index contributed by atoms with van der Waals surface area (Å²) in [5, 5.41) is 5.66. The molecule has 0 saturated carbocycles. The van der Waals surface area contributed by atoms with Gasteiger partial charge >= 0.3 is 0 Å². The minimum atomic E-state index is -0.0658. The third-order valence-corrected chi connectivity index (χ3v) is 5.25. The van der Waals surface area contributed by atoms with E-state index in [2.05, 4.69) is 83.3 Å². The molecule has 200 valence electrons. The van der Waals surface area contributed by atoms with E-state index < -0.39 is 0 Å². The van der Waals surface area contributed by atoms with Gasteiger partial charge in [0.1, 0.15) is 0 Å². The number of aryl methyl sites for hydroxylation is 1. The molecular formula is C32H45N3O2. The fourth-order valence-corrected chi connectivity index (χ4v) is 3.19. The second-order valence-electron chi connectivity index (χ2n) is 8.64. The number of rotatable bonds is 19. The maximum Gasteiger partial charge on any atom is 0.223 e. The van der Waals surface area contributed by atoms with Crippen LogP contribution in [0.5, 0.6) is 0 Å². The van der Waals surface area contributed by atoms with E-state index >= 15 is 0 Å². The van der Waals surface area contributed by atoms with E-state index in [4.69, 9.17) is 0 Å². The van der Waals surface area contributed by atoms with Gasteiger partial charge in [-0.2, -0.15) is 0 Å². The molecule has 2 amide bonds. The number of allylic oxidation sites excluding steroid dienone is 10. The van der Waals surface area contributed by atoms with E-state index in [9.17, 15) is 9.59 Å². The molecule has 0 fully saturated rings. The van der Waals surface area contributed by atoms with Crippen molar-refractivity contribution in [3.8, 4) is 0 Å². The van der Waals surface area contributed by atoms with Gasteiger partial charge in [-0.3, -0.25) is 14.6 Å². The lowest BCUT2D eigenvalue weighted by Crippen LogP contribution is -2.34. The molecule has 0 radical (unpaired) electrons. The molecule has 1 heterocycles. The first-order chi connectivity index (χ1) is 18.1. The van der Waals surface area contributed by atoms with E-state index in [-0.39, 0.29) is 11.8 Å². The van der Waals surface area contributed by atoms with Crippen LogP contribution in [0.2, 0.25) is 0 Å². The number of carbonyl (C=O) groups excluding carboxylic acids is 2. The molecule has 0 aromatic carbocycles. The Hall–Kier alpha value is -3.47. The van der Waals surface area contributed by atoms with Crippen molar-refractivity contribution in [2.75, 3.05) is 13.1 Å². The van der Waals surface area contributed by atoms with Gasteiger partial charge in [0, 0.05) is 37.8 Å². The first-order valence-electron chi connectivity index (χ1n) is 13.5. The van der Waals surface area contributed by atoms with E-state index in [0.29, 0.717) is 25.9 Å². The number of pyridine rings is 1. The Labute approximate surface area is 224 Å². The molecule has 5 nitrogen and oxygen atoms in total. The lowest BCUT2D eigenvalue weighted by atomic mass is 10.2. The van der Waals surface area contributed by atoms with Gasteiger partial charge in [-0.15, -0.1) is 0 Å². The SMILES string of the molecule is CCC=CCC=CCC=CCC=CCC=CCCCC(=O)NCCNC(=O)CC=Cc1ccc(C)nc1. The average Bonchev–Trinajstić information content (AvgIpc) is 2.89. The molecule has 0 aliphatic heterocycles. The van der Waals surface area contributed by atoms with Gasteiger partial charge < -0.3 is 10.6 Å². The van der Waals surface area contributed by atoms with Crippen LogP contribution in [0.3, 0.4) is 0 Å². The lowest BCUT2D eigenvalue weighted by molar-refractivity contribution is -0.122. The minimum Gasteiger partial charge on any atom is -0.354 e. The highest BCUT2D eigenvalue weighted by molar-refractivity contribution is 5.78. The number of aromatic nitrogens is 1.